The second-order valence-electron chi connectivity index (χ2n) is 3.64. The van der Waals surface area contributed by atoms with Gasteiger partial charge < -0.3 is 4.74 Å². The monoisotopic (exact) mass is 196 g/mol. The van der Waals surface area contributed by atoms with Gasteiger partial charge >= 0.3 is 0 Å². The maximum Gasteiger partial charge on any atom is 0.121 e. The van der Waals surface area contributed by atoms with Gasteiger partial charge in [0.05, 0.1) is 6.10 Å². The third-order valence-corrected chi connectivity index (χ3v) is 2.59. The molecule has 2 rings (SSSR count). The van der Waals surface area contributed by atoms with Gasteiger partial charge in [0.2, 0.25) is 0 Å². The molecule has 1 aromatic carbocycles. The molecule has 70 valence electrons. The van der Waals surface area contributed by atoms with E-state index < -0.39 is 0 Å². The second-order valence-corrected chi connectivity index (χ2v) is 4.07. The molecule has 2 heteroatoms. The van der Waals surface area contributed by atoms with Gasteiger partial charge in [-0.2, -0.15) is 0 Å². The van der Waals surface area contributed by atoms with Crippen LogP contribution in [0.15, 0.2) is 18.2 Å². The predicted molar refractivity (Wildman–Crippen MR) is 54.5 cm³/mol. The lowest BCUT2D eigenvalue weighted by Crippen LogP contribution is -2.24. The third kappa shape index (κ3) is 2.16. The first kappa shape index (κ1) is 8.89. The van der Waals surface area contributed by atoms with Crippen LogP contribution in [-0.4, -0.2) is 6.10 Å². The highest BCUT2D eigenvalue weighted by molar-refractivity contribution is 6.30. The molecule has 0 radical (unpaired) electrons. The van der Waals surface area contributed by atoms with Gasteiger partial charge in [-0.15, -0.1) is 0 Å². The second kappa shape index (κ2) is 3.59. The van der Waals surface area contributed by atoms with Crippen LogP contribution in [-0.2, 0) is 0 Å². The minimum Gasteiger partial charge on any atom is -0.490 e. The number of hydrogen-bond acceptors (Lipinski definition) is 1. The maximum atomic E-state index is 5.91. The Kier molecular flexibility index (Phi) is 2.45. The first-order valence-electron chi connectivity index (χ1n) is 4.68. The molecule has 0 spiro atoms. The molecule has 1 aliphatic rings. The van der Waals surface area contributed by atoms with Crippen molar-refractivity contribution in [2.24, 2.45) is 0 Å². The summed E-state index contributed by atoms with van der Waals surface area (Å²) in [6.45, 7) is 2.03. The number of rotatable bonds is 2. The van der Waals surface area contributed by atoms with Crippen molar-refractivity contribution in [3.8, 4) is 5.75 Å². The van der Waals surface area contributed by atoms with Crippen molar-refractivity contribution in [3.63, 3.8) is 0 Å². The molecule has 1 saturated carbocycles. The molecule has 0 atom stereocenters. The Bertz CT molecular complexity index is 285. The van der Waals surface area contributed by atoms with Gasteiger partial charge in [-0.25, -0.2) is 0 Å². The van der Waals surface area contributed by atoms with Crippen LogP contribution >= 0.6 is 11.6 Å². The van der Waals surface area contributed by atoms with Crippen molar-refractivity contribution in [1.82, 2.24) is 0 Å². The summed E-state index contributed by atoms with van der Waals surface area (Å²) in [6, 6.07) is 5.85. The van der Waals surface area contributed by atoms with E-state index in [0.29, 0.717) is 6.10 Å². The quantitative estimate of drug-likeness (QED) is 0.703. The molecule has 1 nitrogen and oxygen atoms in total. The lowest BCUT2D eigenvalue weighted by Gasteiger charge is -2.26. The summed E-state index contributed by atoms with van der Waals surface area (Å²) >= 11 is 5.91. The molecule has 0 unspecified atom stereocenters. The lowest BCUT2D eigenvalue weighted by molar-refractivity contribution is 0.120. The molecule has 0 aromatic heterocycles. The Labute approximate surface area is 83.7 Å². The van der Waals surface area contributed by atoms with Crippen molar-refractivity contribution >= 4 is 11.6 Å². The van der Waals surface area contributed by atoms with Crippen LogP contribution in [0.1, 0.15) is 24.8 Å². The number of aryl methyl sites for hydroxylation is 1. The number of halogens is 1. The molecular weight excluding hydrogens is 184 g/mol. The lowest BCUT2D eigenvalue weighted by atomic mass is 9.96. The topological polar surface area (TPSA) is 9.23 Å². The van der Waals surface area contributed by atoms with Crippen molar-refractivity contribution in [1.29, 1.82) is 0 Å². The van der Waals surface area contributed by atoms with E-state index in [4.69, 9.17) is 16.3 Å². The maximum absolute atomic E-state index is 5.91. The Morgan fingerprint density at radius 2 is 2.08 bits per heavy atom. The Balaban J connectivity index is 2.10. The van der Waals surface area contributed by atoms with Crippen LogP contribution < -0.4 is 4.74 Å². The third-order valence-electron chi connectivity index (χ3n) is 2.37. The molecule has 0 saturated heterocycles. The van der Waals surface area contributed by atoms with E-state index in [1.165, 1.54) is 19.3 Å². The summed E-state index contributed by atoms with van der Waals surface area (Å²) in [5, 5.41) is 0.759. The molecule has 0 N–H and O–H groups in total. The Hall–Kier alpha value is -0.690. The summed E-state index contributed by atoms with van der Waals surface area (Å²) in [5.41, 5.74) is 1.15. The fourth-order valence-electron chi connectivity index (χ4n) is 1.45. The summed E-state index contributed by atoms with van der Waals surface area (Å²) in [5.74, 6) is 0.912. The number of ether oxygens (including phenoxy) is 1. The molecular formula is C11H13ClO. The summed E-state index contributed by atoms with van der Waals surface area (Å²) in [7, 11) is 0. The van der Waals surface area contributed by atoms with Gasteiger partial charge in [-0.1, -0.05) is 11.6 Å². The minimum atomic E-state index is 0.429. The molecule has 1 fully saturated rings. The zero-order valence-corrected chi connectivity index (χ0v) is 8.47. The first-order valence-corrected chi connectivity index (χ1v) is 5.06. The predicted octanol–water partition coefficient (Wildman–Crippen LogP) is 3.58. The summed E-state index contributed by atoms with van der Waals surface area (Å²) in [6.07, 6.45) is 4.10. The molecule has 13 heavy (non-hydrogen) atoms. The smallest absolute Gasteiger partial charge is 0.121 e. The highest BCUT2D eigenvalue weighted by atomic mass is 35.5. The SMILES string of the molecule is Cc1cc(Cl)cc(OC2CCC2)c1. The fourth-order valence-corrected chi connectivity index (χ4v) is 1.73. The van der Waals surface area contributed by atoms with Crippen LogP contribution in [0.4, 0.5) is 0 Å². The number of benzene rings is 1. The van der Waals surface area contributed by atoms with Gasteiger partial charge in [0.1, 0.15) is 5.75 Å². The molecule has 0 amide bonds. The van der Waals surface area contributed by atoms with E-state index >= 15 is 0 Å². The van der Waals surface area contributed by atoms with E-state index in [9.17, 15) is 0 Å². The Morgan fingerprint density at radius 3 is 2.62 bits per heavy atom. The average molecular weight is 197 g/mol. The van der Waals surface area contributed by atoms with Crippen LogP contribution in [0.25, 0.3) is 0 Å². The largest absolute Gasteiger partial charge is 0.490 e. The molecule has 1 aliphatic carbocycles. The Morgan fingerprint density at radius 1 is 1.31 bits per heavy atom. The number of hydrogen-bond donors (Lipinski definition) is 0. The van der Waals surface area contributed by atoms with Crippen LogP contribution in [0.2, 0.25) is 5.02 Å². The van der Waals surface area contributed by atoms with E-state index in [1.807, 2.05) is 25.1 Å². The van der Waals surface area contributed by atoms with Gasteiger partial charge in [0, 0.05) is 5.02 Å². The van der Waals surface area contributed by atoms with E-state index in [0.717, 1.165) is 16.3 Å². The normalized spacial score (nSPS) is 16.8. The first-order chi connectivity index (χ1) is 6.24. The molecule has 0 heterocycles. The van der Waals surface area contributed by atoms with Gasteiger partial charge in [0.25, 0.3) is 0 Å². The van der Waals surface area contributed by atoms with Crippen LogP contribution in [0.5, 0.6) is 5.75 Å². The molecule has 0 bridgehead atoms. The highest BCUT2D eigenvalue weighted by Gasteiger charge is 2.18. The van der Waals surface area contributed by atoms with Crippen molar-refractivity contribution in [2.45, 2.75) is 32.3 Å². The van der Waals surface area contributed by atoms with E-state index in [1.54, 1.807) is 0 Å². The van der Waals surface area contributed by atoms with Crippen molar-refractivity contribution in [2.75, 3.05) is 0 Å². The van der Waals surface area contributed by atoms with Crippen LogP contribution in [0.3, 0.4) is 0 Å². The van der Waals surface area contributed by atoms with Crippen LogP contribution in [0, 0.1) is 6.92 Å². The average Bonchev–Trinajstić information content (AvgIpc) is 1.95. The van der Waals surface area contributed by atoms with Gasteiger partial charge in [0.15, 0.2) is 0 Å². The van der Waals surface area contributed by atoms with Gasteiger partial charge in [-0.3, -0.25) is 0 Å². The van der Waals surface area contributed by atoms with E-state index in [-0.39, 0.29) is 0 Å². The van der Waals surface area contributed by atoms with Crippen molar-refractivity contribution in [3.05, 3.63) is 28.8 Å². The summed E-state index contributed by atoms with van der Waals surface area (Å²) < 4.78 is 5.73. The highest BCUT2D eigenvalue weighted by Crippen LogP contribution is 2.27. The molecule has 1 aromatic rings. The molecule has 0 aliphatic heterocycles. The fraction of sp³-hybridized carbons (Fsp3) is 0.455. The standard InChI is InChI=1S/C11H13ClO/c1-8-5-9(12)7-11(6-8)13-10-3-2-4-10/h5-7,10H,2-4H2,1H3. The zero-order chi connectivity index (χ0) is 9.26. The van der Waals surface area contributed by atoms with E-state index in [2.05, 4.69) is 0 Å². The minimum absolute atomic E-state index is 0.429. The zero-order valence-electron chi connectivity index (χ0n) is 7.72. The van der Waals surface area contributed by atoms with Gasteiger partial charge in [-0.05, 0) is 49.9 Å². The van der Waals surface area contributed by atoms with Crippen molar-refractivity contribution < 1.29 is 4.74 Å². The summed E-state index contributed by atoms with van der Waals surface area (Å²) in [4.78, 5) is 0.